The van der Waals surface area contributed by atoms with Crippen molar-refractivity contribution in [1.29, 1.82) is 0 Å². The molecular weight excluding hydrogens is 410 g/mol. The molecule has 1 aromatic rings. The highest BCUT2D eigenvalue weighted by molar-refractivity contribution is 9.10. The molecule has 142 valence electrons. The van der Waals surface area contributed by atoms with Crippen LogP contribution < -0.4 is 0 Å². The number of hydrogen-bond donors (Lipinski definition) is 0. The molecular formula is C19H34BrNO2Si2. The van der Waals surface area contributed by atoms with E-state index in [2.05, 4.69) is 77.6 Å². The van der Waals surface area contributed by atoms with Crippen molar-refractivity contribution in [2.45, 2.75) is 78.0 Å². The predicted octanol–water partition coefficient (Wildman–Crippen LogP) is 5.96. The summed E-state index contributed by atoms with van der Waals surface area (Å²) in [5.41, 5.74) is 2.60. The highest BCUT2D eigenvalue weighted by Gasteiger charge is 2.34. The number of ether oxygens (including phenoxy) is 2. The number of nitrogens with zero attached hydrogens (tertiary/aromatic N) is 1. The van der Waals surface area contributed by atoms with E-state index >= 15 is 0 Å². The maximum atomic E-state index is 5.98. The minimum atomic E-state index is -1.36. The molecule has 0 spiro atoms. The fourth-order valence-electron chi connectivity index (χ4n) is 3.59. The van der Waals surface area contributed by atoms with Gasteiger partial charge in [-0.3, -0.25) is 0 Å². The van der Waals surface area contributed by atoms with Gasteiger partial charge < -0.3 is 13.7 Å². The van der Waals surface area contributed by atoms with E-state index in [1.165, 1.54) is 17.5 Å². The summed E-state index contributed by atoms with van der Waals surface area (Å²) in [6.45, 7) is 17.2. The van der Waals surface area contributed by atoms with Crippen molar-refractivity contribution in [3.63, 3.8) is 0 Å². The number of halogens is 1. The zero-order valence-corrected chi connectivity index (χ0v) is 20.3. The molecule has 1 aromatic carbocycles. The lowest BCUT2D eigenvalue weighted by atomic mass is 10.1. The van der Waals surface area contributed by atoms with Crippen molar-refractivity contribution in [3.05, 3.63) is 33.8 Å². The van der Waals surface area contributed by atoms with Crippen LogP contribution in [0.2, 0.25) is 39.3 Å². The zero-order chi connectivity index (χ0) is 18.7. The smallest absolute Gasteiger partial charge is 0.158 e. The summed E-state index contributed by atoms with van der Waals surface area (Å²) in [6.07, 6.45) is 3.34. The van der Waals surface area contributed by atoms with Crippen LogP contribution in [0.4, 0.5) is 0 Å². The highest BCUT2D eigenvalue weighted by atomic mass is 79.9. The molecule has 0 amide bonds. The lowest BCUT2D eigenvalue weighted by Crippen LogP contribution is -2.58. The van der Waals surface area contributed by atoms with Crippen LogP contribution in [-0.4, -0.2) is 33.6 Å². The minimum Gasteiger partial charge on any atom is -0.353 e. The van der Waals surface area contributed by atoms with Crippen molar-refractivity contribution in [3.8, 4) is 0 Å². The van der Waals surface area contributed by atoms with Crippen molar-refractivity contribution < 1.29 is 9.47 Å². The van der Waals surface area contributed by atoms with Crippen LogP contribution in [0.3, 0.4) is 0 Å². The van der Waals surface area contributed by atoms with Gasteiger partial charge in [-0.1, -0.05) is 61.3 Å². The van der Waals surface area contributed by atoms with Crippen LogP contribution in [0, 0.1) is 0 Å². The van der Waals surface area contributed by atoms with Gasteiger partial charge in [-0.25, -0.2) is 0 Å². The lowest BCUT2D eigenvalue weighted by molar-refractivity contribution is -0.168. The van der Waals surface area contributed by atoms with Crippen LogP contribution >= 0.6 is 15.9 Å². The summed E-state index contributed by atoms with van der Waals surface area (Å²) in [4.78, 5) is 0. The van der Waals surface area contributed by atoms with Crippen molar-refractivity contribution in [2.24, 2.45) is 0 Å². The van der Waals surface area contributed by atoms with Gasteiger partial charge in [0.1, 0.15) is 16.5 Å². The maximum absolute atomic E-state index is 5.98. The first-order valence-corrected chi connectivity index (χ1v) is 17.0. The zero-order valence-electron chi connectivity index (χ0n) is 16.7. The Kier molecular flexibility index (Phi) is 7.50. The summed E-state index contributed by atoms with van der Waals surface area (Å²) >= 11 is 3.69. The van der Waals surface area contributed by atoms with E-state index in [1.807, 2.05) is 0 Å². The van der Waals surface area contributed by atoms with Gasteiger partial charge in [0.05, 0.1) is 6.61 Å². The molecule has 1 fully saturated rings. The largest absolute Gasteiger partial charge is 0.353 e. The number of benzene rings is 1. The summed E-state index contributed by atoms with van der Waals surface area (Å²) in [7, 11) is -2.71. The number of rotatable bonds is 7. The van der Waals surface area contributed by atoms with Gasteiger partial charge in [-0.2, -0.15) is 0 Å². The molecule has 0 aromatic heterocycles. The molecule has 25 heavy (non-hydrogen) atoms. The van der Waals surface area contributed by atoms with Gasteiger partial charge in [-0.15, -0.1) is 0 Å². The van der Waals surface area contributed by atoms with E-state index in [0.29, 0.717) is 6.61 Å². The van der Waals surface area contributed by atoms with E-state index in [0.717, 1.165) is 30.5 Å². The fourth-order valence-corrected chi connectivity index (χ4v) is 13.5. The first kappa shape index (κ1) is 21.3. The molecule has 0 aliphatic carbocycles. The molecule has 1 aliphatic heterocycles. The van der Waals surface area contributed by atoms with E-state index in [4.69, 9.17) is 9.47 Å². The van der Waals surface area contributed by atoms with Gasteiger partial charge in [0.2, 0.25) is 0 Å². The predicted molar refractivity (Wildman–Crippen MR) is 115 cm³/mol. The Balaban J connectivity index is 2.09. The highest BCUT2D eigenvalue weighted by Crippen LogP contribution is 2.25. The Morgan fingerprint density at radius 3 is 2.24 bits per heavy atom. The second kappa shape index (κ2) is 8.80. The fraction of sp³-hybridized carbons (Fsp3) is 0.684. The monoisotopic (exact) mass is 443 g/mol. The molecule has 0 saturated carbocycles. The third-order valence-corrected chi connectivity index (χ3v) is 12.6. The SMILES string of the molecule is C[Si](C)(C)N(Cc1cc(Br)cc(COC2CCCCO2)c1)[Si](C)(C)C. The molecule has 3 nitrogen and oxygen atoms in total. The normalized spacial score (nSPS) is 19.4. The van der Waals surface area contributed by atoms with Gasteiger partial charge in [0.15, 0.2) is 6.29 Å². The second-order valence-corrected chi connectivity index (χ2v) is 20.1. The van der Waals surface area contributed by atoms with Crippen molar-refractivity contribution >= 4 is 32.4 Å². The molecule has 0 N–H and O–H groups in total. The van der Waals surface area contributed by atoms with Gasteiger partial charge >= 0.3 is 0 Å². The molecule has 2 rings (SSSR count). The quantitative estimate of drug-likeness (QED) is 0.484. The molecule has 1 heterocycles. The Morgan fingerprint density at radius 2 is 1.68 bits per heavy atom. The van der Waals surface area contributed by atoms with Crippen LogP contribution in [0.15, 0.2) is 22.7 Å². The first-order valence-electron chi connectivity index (χ1n) is 9.35. The summed E-state index contributed by atoms with van der Waals surface area (Å²) in [6, 6.07) is 6.73. The van der Waals surface area contributed by atoms with E-state index in [-0.39, 0.29) is 6.29 Å². The van der Waals surface area contributed by atoms with E-state index in [1.54, 1.807) is 0 Å². The van der Waals surface area contributed by atoms with Crippen LogP contribution in [0.5, 0.6) is 0 Å². The minimum absolute atomic E-state index is 0.0309. The Labute approximate surface area is 164 Å². The Hall–Kier alpha value is 0.0138. The third kappa shape index (κ3) is 6.92. The lowest BCUT2D eigenvalue weighted by Gasteiger charge is -2.43. The van der Waals surface area contributed by atoms with E-state index in [9.17, 15) is 0 Å². The topological polar surface area (TPSA) is 21.7 Å². The third-order valence-electron chi connectivity index (χ3n) is 4.55. The molecule has 0 bridgehead atoms. The van der Waals surface area contributed by atoms with Crippen LogP contribution in [-0.2, 0) is 22.6 Å². The average Bonchev–Trinajstić information content (AvgIpc) is 2.49. The molecule has 1 atom stereocenters. The molecule has 0 radical (unpaired) electrons. The molecule has 1 aliphatic rings. The van der Waals surface area contributed by atoms with Crippen LogP contribution in [0.1, 0.15) is 30.4 Å². The van der Waals surface area contributed by atoms with Gasteiger partial charge in [-0.05, 0) is 42.5 Å². The summed E-state index contributed by atoms with van der Waals surface area (Å²) < 4.78 is 15.6. The second-order valence-electron chi connectivity index (χ2n) is 9.00. The average molecular weight is 445 g/mol. The first-order chi connectivity index (χ1) is 11.6. The molecule has 1 saturated heterocycles. The van der Waals surface area contributed by atoms with Crippen molar-refractivity contribution in [2.75, 3.05) is 6.61 Å². The Bertz CT molecular complexity index is 550. The summed E-state index contributed by atoms with van der Waals surface area (Å²) in [5.74, 6) is 0. The number of hydrogen-bond acceptors (Lipinski definition) is 3. The van der Waals surface area contributed by atoms with Crippen molar-refractivity contribution in [1.82, 2.24) is 4.23 Å². The molecule has 6 heteroatoms. The maximum Gasteiger partial charge on any atom is 0.158 e. The van der Waals surface area contributed by atoms with E-state index < -0.39 is 16.5 Å². The van der Waals surface area contributed by atoms with Gasteiger partial charge in [0.25, 0.3) is 0 Å². The summed E-state index contributed by atoms with van der Waals surface area (Å²) in [5, 5.41) is 0. The molecule has 1 unspecified atom stereocenters. The van der Waals surface area contributed by atoms with Gasteiger partial charge in [0, 0.05) is 17.6 Å². The Morgan fingerprint density at radius 1 is 1.04 bits per heavy atom. The van der Waals surface area contributed by atoms with Crippen LogP contribution in [0.25, 0.3) is 0 Å². The standard InChI is InChI=1S/C19H34BrNO2Si2/c1-24(2,3)21(25(4,5)6)14-16-11-17(13-18(20)12-16)15-23-19-9-7-8-10-22-19/h11-13,19H,7-10,14-15H2,1-6H3.